The smallest absolute Gasteiger partial charge is 0.293 e. The van der Waals surface area contributed by atoms with E-state index in [4.69, 9.17) is 4.74 Å². The van der Waals surface area contributed by atoms with E-state index in [0.29, 0.717) is 25.4 Å². The summed E-state index contributed by atoms with van der Waals surface area (Å²) in [5.74, 6) is 0. The fourth-order valence-corrected chi connectivity index (χ4v) is 4.50. The topological polar surface area (TPSA) is 102 Å². The van der Waals surface area contributed by atoms with Gasteiger partial charge in [-0.05, 0) is 30.5 Å². The van der Waals surface area contributed by atoms with Crippen molar-refractivity contribution in [3.8, 4) is 0 Å². The summed E-state index contributed by atoms with van der Waals surface area (Å²) in [7, 11) is -3.77. The first kappa shape index (κ1) is 20.2. The van der Waals surface area contributed by atoms with E-state index in [1.807, 2.05) is 30.3 Å². The van der Waals surface area contributed by atoms with E-state index in [9.17, 15) is 18.5 Å². The maximum atomic E-state index is 12.7. The number of nitro groups is 1. The molecule has 0 amide bonds. The summed E-state index contributed by atoms with van der Waals surface area (Å²) in [6.07, 6.45) is 1.65. The molecule has 1 heterocycles. The molecule has 0 unspecified atom stereocenters. The second-order valence-electron chi connectivity index (χ2n) is 6.47. The highest BCUT2D eigenvalue weighted by atomic mass is 32.2. The van der Waals surface area contributed by atoms with E-state index in [1.165, 1.54) is 22.0 Å². The highest BCUT2D eigenvalue weighted by molar-refractivity contribution is 7.89. The van der Waals surface area contributed by atoms with E-state index in [2.05, 4.69) is 5.32 Å². The lowest BCUT2D eigenvalue weighted by molar-refractivity contribution is -0.384. The highest BCUT2D eigenvalue weighted by Crippen LogP contribution is 2.29. The van der Waals surface area contributed by atoms with Crippen LogP contribution in [-0.2, 0) is 21.2 Å². The molecule has 1 aliphatic rings. The monoisotopic (exact) mass is 405 g/mol. The number of hydrogen-bond acceptors (Lipinski definition) is 6. The van der Waals surface area contributed by atoms with Crippen LogP contribution in [0.5, 0.6) is 0 Å². The normalized spacial score (nSPS) is 15.3. The molecule has 1 saturated heterocycles. The summed E-state index contributed by atoms with van der Waals surface area (Å²) in [6, 6.07) is 14.0. The second kappa shape index (κ2) is 9.13. The molecule has 1 fully saturated rings. The van der Waals surface area contributed by atoms with Gasteiger partial charge in [0.2, 0.25) is 10.0 Å². The summed E-state index contributed by atoms with van der Waals surface area (Å²) in [5, 5.41) is 14.5. The van der Waals surface area contributed by atoms with Crippen LogP contribution in [0.15, 0.2) is 53.4 Å². The summed E-state index contributed by atoms with van der Waals surface area (Å²) in [5.41, 5.74) is 1.28. The minimum Gasteiger partial charge on any atom is -0.379 e. The van der Waals surface area contributed by atoms with Crippen molar-refractivity contribution in [2.45, 2.75) is 17.7 Å². The van der Waals surface area contributed by atoms with Crippen molar-refractivity contribution in [3.63, 3.8) is 0 Å². The van der Waals surface area contributed by atoms with Gasteiger partial charge in [0.15, 0.2) is 0 Å². The van der Waals surface area contributed by atoms with E-state index in [-0.39, 0.29) is 23.7 Å². The standard InChI is InChI=1S/C19H23N3O5S/c23-22(24)19-15-17(28(25,26)21-11-13-27-14-12-21)8-9-18(19)20-10-4-7-16-5-2-1-3-6-16/h1-3,5-6,8-9,15,20H,4,7,10-14H2. The Morgan fingerprint density at radius 1 is 1.11 bits per heavy atom. The minimum absolute atomic E-state index is 0.0732. The third kappa shape index (κ3) is 4.86. The van der Waals surface area contributed by atoms with Gasteiger partial charge >= 0.3 is 0 Å². The van der Waals surface area contributed by atoms with Crippen molar-refractivity contribution in [1.29, 1.82) is 0 Å². The minimum atomic E-state index is -3.77. The van der Waals surface area contributed by atoms with Gasteiger partial charge in [0.25, 0.3) is 5.69 Å². The molecule has 28 heavy (non-hydrogen) atoms. The number of nitro benzene ring substituents is 1. The van der Waals surface area contributed by atoms with Crippen LogP contribution >= 0.6 is 0 Å². The van der Waals surface area contributed by atoms with Gasteiger partial charge in [0, 0.05) is 25.7 Å². The molecule has 8 nitrogen and oxygen atoms in total. The largest absolute Gasteiger partial charge is 0.379 e. The predicted molar refractivity (Wildman–Crippen MR) is 106 cm³/mol. The van der Waals surface area contributed by atoms with Gasteiger partial charge in [0.1, 0.15) is 5.69 Å². The SMILES string of the molecule is O=[N+]([O-])c1cc(S(=O)(=O)N2CCOCC2)ccc1NCCCc1ccccc1. The number of ether oxygens (including phenoxy) is 1. The van der Waals surface area contributed by atoms with Crippen LogP contribution in [0.2, 0.25) is 0 Å². The zero-order valence-electron chi connectivity index (χ0n) is 15.4. The third-order valence-corrected chi connectivity index (χ3v) is 6.47. The molecule has 1 aliphatic heterocycles. The van der Waals surface area contributed by atoms with Gasteiger partial charge in [-0.3, -0.25) is 10.1 Å². The van der Waals surface area contributed by atoms with Crippen molar-refractivity contribution < 1.29 is 18.1 Å². The van der Waals surface area contributed by atoms with E-state index >= 15 is 0 Å². The number of aryl methyl sites for hydroxylation is 1. The summed E-state index contributed by atoms with van der Waals surface area (Å²) < 4.78 is 31.9. The molecule has 0 aliphatic carbocycles. The van der Waals surface area contributed by atoms with Gasteiger partial charge in [0.05, 0.1) is 23.0 Å². The lowest BCUT2D eigenvalue weighted by Gasteiger charge is -2.26. The van der Waals surface area contributed by atoms with Crippen LogP contribution in [0.1, 0.15) is 12.0 Å². The second-order valence-corrected chi connectivity index (χ2v) is 8.41. The Morgan fingerprint density at radius 2 is 1.82 bits per heavy atom. The molecule has 0 radical (unpaired) electrons. The van der Waals surface area contributed by atoms with E-state index in [0.717, 1.165) is 18.9 Å². The maximum Gasteiger partial charge on any atom is 0.293 e. The van der Waals surface area contributed by atoms with Crippen molar-refractivity contribution in [1.82, 2.24) is 4.31 Å². The molecule has 0 saturated carbocycles. The number of hydrogen-bond donors (Lipinski definition) is 1. The number of anilines is 1. The lowest BCUT2D eigenvalue weighted by Crippen LogP contribution is -2.40. The molecule has 0 spiro atoms. The number of rotatable bonds is 8. The molecule has 2 aromatic carbocycles. The summed E-state index contributed by atoms with van der Waals surface area (Å²) in [6.45, 7) is 1.68. The number of morpholine rings is 1. The van der Waals surface area contributed by atoms with Crippen LogP contribution in [0, 0.1) is 10.1 Å². The van der Waals surface area contributed by atoms with Crippen LogP contribution < -0.4 is 5.32 Å². The molecular weight excluding hydrogens is 382 g/mol. The van der Waals surface area contributed by atoms with Crippen molar-refractivity contribution in [2.24, 2.45) is 0 Å². The van der Waals surface area contributed by atoms with Crippen molar-refractivity contribution in [3.05, 3.63) is 64.2 Å². The van der Waals surface area contributed by atoms with Crippen molar-refractivity contribution in [2.75, 3.05) is 38.2 Å². The van der Waals surface area contributed by atoms with Crippen LogP contribution in [0.3, 0.4) is 0 Å². The van der Waals surface area contributed by atoms with Gasteiger partial charge in [-0.2, -0.15) is 4.31 Å². The molecule has 1 N–H and O–H groups in total. The molecule has 0 atom stereocenters. The number of sulfonamides is 1. The average molecular weight is 405 g/mol. The number of benzene rings is 2. The van der Waals surface area contributed by atoms with Crippen LogP contribution in [0.25, 0.3) is 0 Å². The Hall–Kier alpha value is -2.49. The average Bonchev–Trinajstić information content (AvgIpc) is 2.72. The quantitative estimate of drug-likeness (QED) is 0.412. The zero-order valence-corrected chi connectivity index (χ0v) is 16.2. The summed E-state index contributed by atoms with van der Waals surface area (Å²) in [4.78, 5) is 10.8. The molecular formula is C19H23N3O5S. The van der Waals surface area contributed by atoms with Gasteiger partial charge in [-0.15, -0.1) is 0 Å². The first-order valence-corrected chi connectivity index (χ1v) is 10.6. The Bertz CT molecular complexity index is 912. The first-order valence-electron chi connectivity index (χ1n) is 9.12. The zero-order chi connectivity index (χ0) is 20.0. The Morgan fingerprint density at radius 3 is 2.50 bits per heavy atom. The fourth-order valence-electron chi connectivity index (χ4n) is 3.07. The number of nitrogens with one attached hydrogen (secondary N) is 1. The van der Waals surface area contributed by atoms with Gasteiger partial charge < -0.3 is 10.1 Å². The van der Waals surface area contributed by atoms with Gasteiger partial charge in [-0.1, -0.05) is 30.3 Å². The van der Waals surface area contributed by atoms with E-state index < -0.39 is 14.9 Å². The fraction of sp³-hybridized carbons (Fsp3) is 0.368. The highest BCUT2D eigenvalue weighted by Gasteiger charge is 2.28. The summed E-state index contributed by atoms with van der Waals surface area (Å²) >= 11 is 0. The Balaban J connectivity index is 1.69. The Labute approximate surface area is 164 Å². The predicted octanol–water partition coefficient (Wildman–Crippen LogP) is 2.66. The molecule has 0 bridgehead atoms. The lowest BCUT2D eigenvalue weighted by atomic mass is 10.1. The van der Waals surface area contributed by atoms with Crippen LogP contribution in [-0.4, -0.2) is 50.5 Å². The number of nitrogens with zero attached hydrogens (tertiary/aromatic N) is 2. The van der Waals surface area contributed by atoms with E-state index in [1.54, 1.807) is 0 Å². The molecule has 150 valence electrons. The molecule has 3 rings (SSSR count). The Kier molecular flexibility index (Phi) is 6.61. The molecule has 0 aromatic heterocycles. The molecule has 2 aromatic rings. The molecule has 9 heteroatoms. The third-order valence-electron chi connectivity index (χ3n) is 4.57. The maximum absolute atomic E-state index is 12.7. The van der Waals surface area contributed by atoms with Crippen LogP contribution in [0.4, 0.5) is 11.4 Å². The van der Waals surface area contributed by atoms with Crippen molar-refractivity contribution >= 4 is 21.4 Å². The van der Waals surface area contributed by atoms with Gasteiger partial charge in [-0.25, -0.2) is 8.42 Å². The first-order chi connectivity index (χ1) is 13.5.